The molecule has 1 heterocycles. The number of halogens is 1. The highest BCUT2D eigenvalue weighted by Gasteiger charge is 2.05. The van der Waals surface area contributed by atoms with E-state index in [2.05, 4.69) is 55.2 Å². The molecule has 0 unspecified atom stereocenters. The Hall–Kier alpha value is -2.13. The lowest BCUT2D eigenvalue weighted by Crippen LogP contribution is -1.99. The van der Waals surface area contributed by atoms with Crippen LogP contribution in [0.4, 0.5) is 5.82 Å². The predicted molar refractivity (Wildman–Crippen MR) is 110 cm³/mol. The summed E-state index contributed by atoms with van der Waals surface area (Å²) in [4.78, 5) is 8.84. The third kappa shape index (κ3) is 5.17. The number of nitrogens with one attached hydrogen (secondary N) is 1. The van der Waals surface area contributed by atoms with Gasteiger partial charge >= 0.3 is 0 Å². The van der Waals surface area contributed by atoms with Gasteiger partial charge in [-0.25, -0.2) is 9.97 Å². The average Bonchev–Trinajstić information content (AvgIpc) is 2.64. The summed E-state index contributed by atoms with van der Waals surface area (Å²) in [7, 11) is 0. The number of rotatable bonds is 6. The Morgan fingerprint density at radius 3 is 2.68 bits per heavy atom. The molecular formula is C18H15IN4OS. The Bertz CT molecular complexity index is 874. The fourth-order valence-corrected chi connectivity index (χ4v) is 3.13. The van der Waals surface area contributed by atoms with E-state index in [0.29, 0.717) is 16.5 Å². The number of para-hydroxylation sites is 1. The van der Waals surface area contributed by atoms with Crippen molar-refractivity contribution in [3.05, 3.63) is 75.5 Å². The van der Waals surface area contributed by atoms with Crippen molar-refractivity contribution in [2.45, 2.75) is 10.9 Å². The van der Waals surface area contributed by atoms with Crippen molar-refractivity contribution >= 4 is 46.4 Å². The summed E-state index contributed by atoms with van der Waals surface area (Å²) in [6, 6.07) is 17.2. The van der Waals surface area contributed by atoms with Crippen molar-refractivity contribution in [3.8, 4) is 5.75 Å². The lowest BCUT2D eigenvalue weighted by atomic mass is 10.2. The summed E-state index contributed by atoms with van der Waals surface area (Å²) >= 11 is 3.73. The van der Waals surface area contributed by atoms with Gasteiger partial charge in [0.2, 0.25) is 0 Å². The van der Waals surface area contributed by atoms with Crippen LogP contribution in [-0.2, 0) is 5.75 Å². The second kappa shape index (κ2) is 8.82. The van der Waals surface area contributed by atoms with Gasteiger partial charge in [0.1, 0.15) is 5.75 Å². The highest BCUT2D eigenvalue weighted by molar-refractivity contribution is 14.1. The molecule has 25 heavy (non-hydrogen) atoms. The lowest BCUT2D eigenvalue weighted by molar-refractivity contribution is 0.474. The van der Waals surface area contributed by atoms with Crippen LogP contribution in [0.1, 0.15) is 11.1 Å². The Morgan fingerprint density at radius 1 is 1.12 bits per heavy atom. The number of benzene rings is 2. The maximum Gasteiger partial charge on any atom is 0.189 e. The van der Waals surface area contributed by atoms with Crippen LogP contribution in [0.3, 0.4) is 0 Å². The van der Waals surface area contributed by atoms with Gasteiger partial charge in [-0.3, -0.25) is 5.43 Å². The molecule has 0 atom stereocenters. The van der Waals surface area contributed by atoms with Gasteiger partial charge in [-0.05, 0) is 40.3 Å². The molecule has 7 heteroatoms. The third-order valence-electron chi connectivity index (χ3n) is 3.24. The number of hydrogen-bond acceptors (Lipinski definition) is 6. The largest absolute Gasteiger partial charge is 0.507 e. The van der Waals surface area contributed by atoms with E-state index in [4.69, 9.17) is 0 Å². The highest BCUT2D eigenvalue weighted by atomic mass is 127. The monoisotopic (exact) mass is 462 g/mol. The van der Waals surface area contributed by atoms with Gasteiger partial charge in [-0.15, -0.1) is 0 Å². The smallest absolute Gasteiger partial charge is 0.189 e. The normalized spacial score (nSPS) is 10.9. The molecule has 126 valence electrons. The fourth-order valence-electron chi connectivity index (χ4n) is 1.98. The van der Waals surface area contributed by atoms with E-state index in [1.807, 2.05) is 24.3 Å². The van der Waals surface area contributed by atoms with E-state index in [1.165, 1.54) is 5.56 Å². The molecule has 0 spiro atoms. The first-order valence-corrected chi connectivity index (χ1v) is 9.55. The standard InChI is InChI=1S/C18H15IN4OS/c19-15-11-20-18(25-12-13-6-2-1-3-7-13)22-17(15)23-21-10-14-8-4-5-9-16(14)24/h1-11,24H,12H2,(H,20,22,23)/b21-10+. The first-order chi connectivity index (χ1) is 12.2. The molecule has 0 radical (unpaired) electrons. The maximum absolute atomic E-state index is 9.74. The van der Waals surface area contributed by atoms with E-state index < -0.39 is 0 Å². The number of thioether (sulfide) groups is 1. The van der Waals surface area contributed by atoms with Gasteiger partial charge in [0.25, 0.3) is 0 Å². The van der Waals surface area contributed by atoms with Gasteiger partial charge < -0.3 is 5.11 Å². The molecule has 0 aliphatic carbocycles. The van der Waals surface area contributed by atoms with Crippen LogP contribution < -0.4 is 5.43 Å². The minimum atomic E-state index is 0.185. The fraction of sp³-hybridized carbons (Fsp3) is 0.0556. The van der Waals surface area contributed by atoms with Crippen LogP contribution in [0.15, 0.2) is 71.1 Å². The number of anilines is 1. The molecule has 2 aromatic carbocycles. The van der Waals surface area contributed by atoms with Crippen LogP contribution >= 0.6 is 34.4 Å². The number of hydrazone groups is 1. The van der Waals surface area contributed by atoms with Crippen molar-refractivity contribution < 1.29 is 5.11 Å². The van der Waals surface area contributed by atoms with E-state index in [1.54, 1.807) is 42.4 Å². The number of nitrogens with zero attached hydrogens (tertiary/aromatic N) is 3. The van der Waals surface area contributed by atoms with Crippen LogP contribution in [0.5, 0.6) is 5.75 Å². The van der Waals surface area contributed by atoms with Crippen LogP contribution in [-0.4, -0.2) is 21.3 Å². The SMILES string of the molecule is Oc1ccccc1/C=N/Nc1nc(SCc2ccccc2)ncc1I. The Labute approximate surface area is 163 Å². The quantitative estimate of drug-likeness (QED) is 0.185. The molecule has 0 saturated heterocycles. The lowest BCUT2D eigenvalue weighted by Gasteiger charge is -2.05. The topological polar surface area (TPSA) is 70.4 Å². The van der Waals surface area contributed by atoms with Crippen molar-refractivity contribution in [1.82, 2.24) is 9.97 Å². The number of phenols is 1. The molecule has 0 aliphatic heterocycles. The molecule has 3 rings (SSSR count). The molecule has 0 aliphatic rings. The minimum Gasteiger partial charge on any atom is -0.507 e. The number of phenolic OH excluding ortho intramolecular Hbond substituents is 1. The molecule has 0 fully saturated rings. The van der Waals surface area contributed by atoms with Crippen LogP contribution in [0, 0.1) is 3.57 Å². The van der Waals surface area contributed by atoms with E-state index in [9.17, 15) is 5.11 Å². The maximum atomic E-state index is 9.74. The summed E-state index contributed by atoms with van der Waals surface area (Å²) < 4.78 is 0.871. The number of hydrogen-bond donors (Lipinski definition) is 2. The van der Waals surface area contributed by atoms with Gasteiger partial charge in [0.15, 0.2) is 11.0 Å². The summed E-state index contributed by atoms with van der Waals surface area (Å²) in [6.45, 7) is 0. The van der Waals surface area contributed by atoms with Crippen LogP contribution in [0.2, 0.25) is 0 Å². The minimum absolute atomic E-state index is 0.185. The molecule has 0 saturated carbocycles. The molecule has 3 aromatic rings. The van der Waals surface area contributed by atoms with E-state index >= 15 is 0 Å². The Morgan fingerprint density at radius 2 is 1.88 bits per heavy atom. The number of aromatic nitrogens is 2. The van der Waals surface area contributed by atoms with Crippen molar-refractivity contribution in [3.63, 3.8) is 0 Å². The average molecular weight is 462 g/mol. The summed E-state index contributed by atoms with van der Waals surface area (Å²) in [5.74, 6) is 1.63. The van der Waals surface area contributed by atoms with Crippen LogP contribution in [0.25, 0.3) is 0 Å². The molecular weight excluding hydrogens is 447 g/mol. The van der Waals surface area contributed by atoms with Crippen molar-refractivity contribution in [2.24, 2.45) is 5.10 Å². The number of aromatic hydroxyl groups is 1. The second-order valence-electron chi connectivity index (χ2n) is 5.05. The highest BCUT2D eigenvalue weighted by Crippen LogP contribution is 2.23. The predicted octanol–water partition coefficient (Wildman–Crippen LogP) is 4.53. The molecule has 0 amide bonds. The summed E-state index contributed by atoms with van der Waals surface area (Å²) in [5.41, 5.74) is 4.77. The van der Waals surface area contributed by atoms with E-state index in [-0.39, 0.29) is 5.75 Å². The van der Waals surface area contributed by atoms with Crippen molar-refractivity contribution in [2.75, 3.05) is 5.43 Å². The molecule has 0 bridgehead atoms. The third-order valence-corrected chi connectivity index (χ3v) is 4.97. The summed E-state index contributed by atoms with van der Waals surface area (Å²) in [5, 5.41) is 14.6. The van der Waals surface area contributed by atoms with Gasteiger partial charge in [0.05, 0.1) is 9.78 Å². The Balaban J connectivity index is 1.66. The van der Waals surface area contributed by atoms with Gasteiger partial charge in [-0.1, -0.05) is 54.2 Å². The van der Waals surface area contributed by atoms with Crippen molar-refractivity contribution in [1.29, 1.82) is 0 Å². The zero-order chi connectivity index (χ0) is 17.5. The van der Waals surface area contributed by atoms with Gasteiger partial charge in [0, 0.05) is 17.5 Å². The Kier molecular flexibility index (Phi) is 6.24. The molecule has 1 aromatic heterocycles. The summed E-state index contributed by atoms with van der Waals surface area (Å²) in [6.07, 6.45) is 3.32. The second-order valence-corrected chi connectivity index (χ2v) is 7.16. The molecule has 5 nitrogen and oxygen atoms in total. The van der Waals surface area contributed by atoms with E-state index in [0.717, 1.165) is 9.32 Å². The zero-order valence-corrected chi connectivity index (χ0v) is 16.1. The zero-order valence-electron chi connectivity index (χ0n) is 13.1. The first kappa shape index (κ1) is 17.7. The molecule has 2 N–H and O–H groups in total. The first-order valence-electron chi connectivity index (χ1n) is 7.49. The van der Waals surface area contributed by atoms with Gasteiger partial charge in [-0.2, -0.15) is 5.10 Å².